The summed E-state index contributed by atoms with van der Waals surface area (Å²) in [4.78, 5) is 5.28. The van der Waals surface area contributed by atoms with E-state index in [0.29, 0.717) is 6.04 Å². The lowest BCUT2D eigenvalue weighted by atomic mass is 10.00. The van der Waals surface area contributed by atoms with Crippen molar-refractivity contribution in [3.63, 3.8) is 0 Å². The van der Waals surface area contributed by atoms with Gasteiger partial charge in [-0.25, -0.2) is 0 Å². The second-order valence-corrected chi connectivity index (χ2v) is 5.71. The summed E-state index contributed by atoms with van der Waals surface area (Å²) >= 11 is 0. The normalized spacial score (nSPS) is 34.5. The second-order valence-electron chi connectivity index (χ2n) is 5.71. The van der Waals surface area contributed by atoms with Crippen molar-refractivity contribution in [3.05, 3.63) is 0 Å². The maximum Gasteiger partial charge on any atom is 0.0222 e. The van der Waals surface area contributed by atoms with Crippen LogP contribution in [0.3, 0.4) is 0 Å². The van der Waals surface area contributed by atoms with Crippen LogP contribution in [0, 0.1) is 0 Å². The lowest BCUT2D eigenvalue weighted by molar-refractivity contribution is 0.0652. The van der Waals surface area contributed by atoms with E-state index in [0.717, 1.165) is 12.1 Å². The molecule has 2 atom stereocenters. The smallest absolute Gasteiger partial charge is 0.0222 e. The van der Waals surface area contributed by atoms with E-state index in [1.54, 1.807) is 0 Å². The summed E-state index contributed by atoms with van der Waals surface area (Å²) in [6.07, 6.45) is 2.73. The zero-order chi connectivity index (χ0) is 11.5. The first-order valence-electron chi connectivity index (χ1n) is 6.88. The molecule has 1 N–H and O–H groups in total. The largest absolute Gasteiger partial charge is 0.313 e. The summed E-state index contributed by atoms with van der Waals surface area (Å²) in [7, 11) is 0. The van der Waals surface area contributed by atoms with Gasteiger partial charge in [0.15, 0.2) is 0 Å². The molecule has 0 aromatic heterocycles. The Hall–Kier alpha value is -0.120. The molecule has 0 aliphatic carbocycles. The van der Waals surface area contributed by atoms with Crippen molar-refractivity contribution in [3.8, 4) is 0 Å². The van der Waals surface area contributed by atoms with Gasteiger partial charge in [0, 0.05) is 50.8 Å². The van der Waals surface area contributed by atoms with E-state index in [4.69, 9.17) is 0 Å². The Labute approximate surface area is 100 Å². The quantitative estimate of drug-likeness (QED) is 0.760. The number of piperidine rings is 1. The molecule has 2 unspecified atom stereocenters. The molecule has 94 valence electrons. The summed E-state index contributed by atoms with van der Waals surface area (Å²) in [5.41, 5.74) is 0. The number of piperazine rings is 1. The highest BCUT2D eigenvalue weighted by atomic mass is 15.3. The average molecular weight is 225 g/mol. The molecular weight excluding hydrogens is 198 g/mol. The third-order valence-electron chi connectivity index (χ3n) is 4.23. The van der Waals surface area contributed by atoms with E-state index >= 15 is 0 Å². The SMILES string of the molecule is CC1CCC(N2CCN(C(C)C)CC2)CN1. The summed E-state index contributed by atoms with van der Waals surface area (Å²) in [5.74, 6) is 0. The van der Waals surface area contributed by atoms with Crippen LogP contribution in [0.25, 0.3) is 0 Å². The molecule has 0 radical (unpaired) electrons. The Bertz CT molecular complexity index is 201. The molecule has 2 heterocycles. The molecule has 0 aromatic carbocycles. The third-order valence-corrected chi connectivity index (χ3v) is 4.23. The van der Waals surface area contributed by atoms with E-state index in [2.05, 4.69) is 35.9 Å². The molecule has 0 amide bonds. The van der Waals surface area contributed by atoms with Crippen LogP contribution in [0.2, 0.25) is 0 Å². The van der Waals surface area contributed by atoms with Crippen LogP contribution >= 0.6 is 0 Å². The molecule has 2 saturated heterocycles. The van der Waals surface area contributed by atoms with E-state index in [1.165, 1.54) is 45.6 Å². The Morgan fingerprint density at radius 2 is 1.75 bits per heavy atom. The van der Waals surface area contributed by atoms with Crippen molar-refractivity contribution < 1.29 is 0 Å². The molecular formula is C13H27N3. The van der Waals surface area contributed by atoms with Crippen molar-refractivity contribution in [1.29, 1.82) is 0 Å². The molecule has 2 aliphatic heterocycles. The topological polar surface area (TPSA) is 18.5 Å². The molecule has 0 bridgehead atoms. The molecule has 2 rings (SSSR count). The number of hydrogen-bond donors (Lipinski definition) is 1. The first kappa shape index (κ1) is 12.3. The fourth-order valence-electron chi connectivity index (χ4n) is 2.91. The fraction of sp³-hybridized carbons (Fsp3) is 1.00. The Kier molecular flexibility index (Phi) is 4.22. The summed E-state index contributed by atoms with van der Waals surface area (Å²) < 4.78 is 0. The monoisotopic (exact) mass is 225 g/mol. The average Bonchev–Trinajstić information content (AvgIpc) is 2.30. The van der Waals surface area contributed by atoms with Crippen LogP contribution in [0.1, 0.15) is 33.6 Å². The van der Waals surface area contributed by atoms with E-state index in [9.17, 15) is 0 Å². The Morgan fingerprint density at radius 1 is 1.06 bits per heavy atom. The van der Waals surface area contributed by atoms with Crippen molar-refractivity contribution in [2.75, 3.05) is 32.7 Å². The van der Waals surface area contributed by atoms with Crippen LogP contribution in [-0.2, 0) is 0 Å². The molecule has 0 saturated carbocycles. The highest BCUT2D eigenvalue weighted by Crippen LogP contribution is 2.16. The Balaban J connectivity index is 1.76. The Morgan fingerprint density at radius 3 is 2.25 bits per heavy atom. The van der Waals surface area contributed by atoms with E-state index in [1.807, 2.05) is 0 Å². The molecule has 0 spiro atoms. The lowest BCUT2D eigenvalue weighted by Gasteiger charge is -2.43. The van der Waals surface area contributed by atoms with Gasteiger partial charge in [-0.3, -0.25) is 9.80 Å². The molecule has 3 heteroatoms. The van der Waals surface area contributed by atoms with Crippen molar-refractivity contribution in [2.24, 2.45) is 0 Å². The maximum atomic E-state index is 3.61. The number of nitrogens with zero attached hydrogens (tertiary/aromatic N) is 2. The van der Waals surface area contributed by atoms with Gasteiger partial charge in [0.05, 0.1) is 0 Å². The standard InChI is InChI=1S/C13H27N3/c1-11(2)15-6-8-16(9-7-15)13-5-4-12(3)14-10-13/h11-14H,4-10H2,1-3H3. The lowest BCUT2D eigenvalue weighted by Crippen LogP contribution is -2.56. The first-order valence-corrected chi connectivity index (χ1v) is 6.88. The zero-order valence-corrected chi connectivity index (χ0v) is 11.1. The fourth-order valence-corrected chi connectivity index (χ4v) is 2.91. The van der Waals surface area contributed by atoms with Gasteiger partial charge >= 0.3 is 0 Å². The van der Waals surface area contributed by atoms with Gasteiger partial charge in [0.25, 0.3) is 0 Å². The minimum atomic E-state index is 0.714. The number of rotatable bonds is 2. The van der Waals surface area contributed by atoms with Crippen LogP contribution < -0.4 is 5.32 Å². The molecule has 0 aromatic rings. The van der Waals surface area contributed by atoms with Crippen LogP contribution in [0.4, 0.5) is 0 Å². The van der Waals surface area contributed by atoms with Crippen molar-refractivity contribution >= 4 is 0 Å². The van der Waals surface area contributed by atoms with E-state index in [-0.39, 0.29) is 0 Å². The van der Waals surface area contributed by atoms with Gasteiger partial charge in [0.1, 0.15) is 0 Å². The minimum Gasteiger partial charge on any atom is -0.313 e. The highest BCUT2D eigenvalue weighted by Gasteiger charge is 2.27. The summed E-state index contributed by atoms with van der Waals surface area (Å²) in [6.45, 7) is 13.1. The molecule has 2 aliphatic rings. The third kappa shape index (κ3) is 2.96. The molecule has 3 nitrogen and oxygen atoms in total. The second kappa shape index (κ2) is 5.48. The summed E-state index contributed by atoms with van der Waals surface area (Å²) in [5, 5.41) is 3.61. The first-order chi connectivity index (χ1) is 7.66. The van der Waals surface area contributed by atoms with Gasteiger partial charge in [-0.1, -0.05) is 0 Å². The number of hydrogen-bond acceptors (Lipinski definition) is 3. The van der Waals surface area contributed by atoms with Crippen LogP contribution in [0.5, 0.6) is 0 Å². The number of nitrogens with one attached hydrogen (secondary N) is 1. The minimum absolute atomic E-state index is 0.714. The van der Waals surface area contributed by atoms with Gasteiger partial charge in [-0.05, 0) is 33.6 Å². The van der Waals surface area contributed by atoms with Crippen LogP contribution in [0.15, 0.2) is 0 Å². The van der Waals surface area contributed by atoms with Crippen molar-refractivity contribution in [2.45, 2.75) is 51.7 Å². The highest BCUT2D eigenvalue weighted by molar-refractivity contribution is 4.85. The zero-order valence-electron chi connectivity index (χ0n) is 11.1. The summed E-state index contributed by atoms with van der Waals surface area (Å²) in [6, 6.07) is 2.24. The molecule has 2 fully saturated rings. The van der Waals surface area contributed by atoms with Gasteiger partial charge in [-0.2, -0.15) is 0 Å². The predicted octanol–water partition coefficient (Wildman–Crippen LogP) is 1.15. The van der Waals surface area contributed by atoms with Crippen LogP contribution in [-0.4, -0.2) is 60.6 Å². The van der Waals surface area contributed by atoms with Gasteiger partial charge in [0.2, 0.25) is 0 Å². The molecule has 16 heavy (non-hydrogen) atoms. The van der Waals surface area contributed by atoms with E-state index < -0.39 is 0 Å². The van der Waals surface area contributed by atoms with Gasteiger partial charge < -0.3 is 5.32 Å². The maximum absolute atomic E-state index is 3.61. The van der Waals surface area contributed by atoms with Crippen molar-refractivity contribution in [1.82, 2.24) is 15.1 Å². The predicted molar refractivity (Wildman–Crippen MR) is 68.8 cm³/mol. The van der Waals surface area contributed by atoms with Gasteiger partial charge in [-0.15, -0.1) is 0 Å².